The summed E-state index contributed by atoms with van der Waals surface area (Å²) in [6, 6.07) is 34.8. The van der Waals surface area contributed by atoms with Crippen LogP contribution in [0.25, 0.3) is 21.5 Å². The van der Waals surface area contributed by atoms with E-state index in [2.05, 4.69) is 111 Å². The number of fused-ring (bicyclic) bond motifs is 3. The van der Waals surface area contributed by atoms with Crippen molar-refractivity contribution in [2.75, 3.05) is 0 Å². The van der Waals surface area contributed by atoms with E-state index in [0.29, 0.717) is 0 Å². The quantitative estimate of drug-likeness (QED) is 0.182. The lowest BCUT2D eigenvalue weighted by molar-refractivity contribution is -0.408. The Labute approximate surface area is 222 Å². The van der Waals surface area contributed by atoms with Crippen LogP contribution in [0.2, 0.25) is 0 Å². The van der Waals surface area contributed by atoms with Crippen molar-refractivity contribution in [3.05, 3.63) is 134 Å². The van der Waals surface area contributed by atoms with E-state index in [1.54, 1.807) is 22.7 Å². The molecule has 2 nitrogen and oxygen atoms in total. The summed E-state index contributed by atoms with van der Waals surface area (Å²) >= 11 is 8.08. The van der Waals surface area contributed by atoms with Gasteiger partial charge in [0.25, 0.3) is 0 Å². The summed E-state index contributed by atoms with van der Waals surface area (Å²) < 4.78 is 0.948. The van der Waals surface area contributed by atoms with Crippen LogP contribution < -0.4 is 0 Å². The molecule has 0 amide bonds. The predicted molar refractivity (Wildman–Crippen MR) is 150 cm³/mol. The molecule has 0 N–H and O–H groups in total. The SMILES string of the molecule is Cc1ccc(C23OOC(c4ccc(S)s4)(c4cc5ccccc5cc42)c2cc4ccccc4cc23)s1. The lowest BCUT2D eigenvalue weighted by Crippen LogP contribution is -2.53. The zero-order valence-corrected chi connectivity index (χ0v) is 21.8. The molecule has 0 radical (unpaired) electrons. The Morgan fingerprint density at radius 3 is 1.33 bits per heavy atom. The van der Waals surface area contributed by atoms with E-state index in [1.165, 1.54) is 26.4 Å². The molecule has 1 aliphatic carbocycles. The fourth-order valence-corrected chi connectivity index (χ4v) is 8.28. The van der Waals surface area contributed by atoms with Gasteiger partial charge in [0.1, 0.15) is 0 Å². The molecule has 0 unspecified atom stereocenters. The highest BCUT2D eigenvalue weighted by Gasteiger charge is 2.62. The topological polar surface area (TPSA) is 18.5 Å². The molecule has 4 heterocycles. The van der Waals surface area contributed by atoms with Crippen molar-refractivity contribution in [1.82, 2.24) is 0 Å². The number of thiophene rings is 2. The van der Waals surface area contributed by atoms with E-state index in [0.717, 1.165) is 36.2 Å². The van der Waals surface area contributed by atoms with Crippen molar-refractivity contribution in [2.24, 2.45) is 0 Å². The molecule has 2 aromatic heterocycles. The third-order valence-corrected chi connectivity index (χ3v) is 10.1. The number of hydrogen-bond acceptors (Lipinski definition) is 5. The van der Waals surface area contributed by atoms with Gasteiger partial charge >= 0.3 is 0 Å². The molecule has 0 atom stereocenters. The first-order chi connectivity index (χ1) is 17.6. The van der Waals surface area contributed by atoms with Crippen LogP contribution in [0.5, 0.6) is 0 Å². The van der Waals surface area contributed by atoms with Crippen molar-refractivity contribution >= 4 is 56.8 Å². The highest BCUT2D eigenvalue weighted by molar-refractivity contribution is 7.82. The molecule has 9 rings (SSSR count). The van der Waals surface area contributed by atoms with Gasteiger partial charge in [-0.25, -0.2) is 9.78 Å². The smallest absolute Gasteiger partial charge is 0.188 e. The maximum absolute atomic E-state index is 6.67. The van der Waals surface area contributed by atoms with E-state index < -0.39 is 11.2 Å². The van der Waals surface area contributed by atoms with Gasteiger partial charge in [-0.15, -0.1) is 35.3 Å². The lowest BCUT2D eigenvalue weighted by atomic mass is 9.64. The Morgan fingerprint density at radius 2 is 0.972 bits per heavy atom. The van der Waals surface area contributed by atoms with Crippen molar-refractivity contribution in [3.63, 3.8) is 0 Å². The Balaban J connectivity index is 1.59. The first-order valence-corrected chi connectivity index (χ1v) is 14.0. The molecule has 2 aliphatic heterocycles. The minimum absolute atomic E-state index is 0.847. The van der Waals surface area contributed by atoms with Crippen molar-refractivity contribution < 1.29 is 9.78 Å². The highest BCUT2D eigenvalue weighted by Crippen LogP contribution is 2.63. The Morgan fingerprint density at radius 1 is 0.556 bits per heavy atom. The molecule has 4 aromatic carbocycles. The van der Waals surface area contributed by atoms with Gasteiger partial charge in [-0.05, 0) is 77.0 Å². The normalized spacial score (nSPS) is 22.2. The summed E-state index contributed by atoms with van der Waals surface area (Å²) in [7, 11) is 0. The maximum Gasteiger partial charge on any atom is 0.188 e. The molecule has 0 saturated heterocycles. The van der Waals surface area contributed by atoms with Gasteiger partial charge in [-0.1, -0.05) is 48.5 Å². The average molecular weight is 521 g/mol. The van der Waals surface area contributed by atoms with Gasteiger partial charge in [0.15, 0.2) is 11.2 Å². The maximum atomic E-state index is 6.67. The van der Waals surface area contributed by atoms with Crippen LogP contribution >= 0.6 is 35.3 Å². The highest BCUT2D eigenvalue weighted by atomic mass is 32.2. The van der Waals surface area contributed by atoms with E-state index in [1.807, 2.05) is 6.07 Å². The molecule has 0 fully saturated rings. The minimum atomic E-state index is -0.877. The Hall–Kier alpha value is -2.93. The van der Waals surface area contributed by atoms with Crippen LogP contribution in [0.15, 0.2) is 101 Å². The molecular formula is C31H20O2S3. The van der Waals surface area contributed by atoms with Crippen LogP contribution in [0.4, 0.5) is 0 Å². The molecular weight excluding hydrogens is 501 g/mol. The van der Waals surface area contributed by atoms with E-state index >= 15 is 0 Å². The third-order valence-electron chi connectivity index (χ3n) is 7.61. The van der Waals surface area contributed by atoms with Crippen LogP contribution in [-0.2, 0) is 21.0 Å². The summed E-state index contributed by atoms with van der Waals surface area (Å²) in [6.07, 6.45) is 0. The summed E-state index contributed by atoms with van der Waals surface area (Å²) in [4.78, 5) is 16.8. The standard InChI is InChI=1S/C31H20O2S3/c1-18-10-11-27(35-18)30-23-14-19-6-2-4-8-21(19)16-25(23)31(33-32-30,28-12-13-29(34)36-28)26-17-22-9-5-3-7-20(22)15-24(26)30/h2-17,34H,1H3. The fraction of sp³-hybridized carbons (Fsp3) is 0.0968. The molecule has 36 heavy (non-hydrogen) atoms. The Kier molecular flexibility index (Phi) is 4.30. The first kappa shape index (κ1) is 21.2. The van der Waals surface area contributed by atoms with Gasteiger partial charge in [-0.2, -0.15) is 0 Å². The first-order valence-electron chi connectivity index (χ1n) is 11.9. The number of rotatable bonds is 2. The van der Waals surface area contributed by atoms with Gasteiger partial charge in [0.05, 0.1) is 4.21 Å². The second-order valence-electron chi connectivity index (χ2n) is 9.57. The Bertz CT molecular complexity index is 1620. The number of hydrogen-bond donors (Lipinski definition) is 1. The van der Waals surface area contributed by atoms with Gasteiger partial charge in [0, 0.05) is 36.9 Å². The predicted octanol–water partition coefficient (Wildman–Crippen LogP) is 8.57. The number of aryl methyl sites for hydroxylation is 1. The third kappa shape index (κ3) is 2.59. The second kappa shape index (κ2) is 7.31. The molecule has 0 saturated carbocycles. The molecule has 2 bridgehead atoms. The molecule has 6 aromatic rings. The summed E-state index contributed by atoms with van der Waals surface area (Å²) in [6.45, 7) is 2.14. The minimum Gasteiger partial charge on any atom is -0.213 e. The van der Waals surface area contributed by atoms with Gasteiger partial charge < -0.3 is 0 Å². The zero-order valence-electron chi connectivity index (χ0n) is 19.3. The van der Waals surface area contributed by atoms with Gasteiger partial charge in [0.2, 0.25) is 0 Å². The van der Waals surface area contributed by atoms with Gasteiger partial charge in [-0.3, -0.25) is 0 Å². The van der Waals surface area contributed by atoms with E-state index in [9.17, 15) is 0 Å². The summed E-state index contributed by atoms with van der Waals surface area (Å²) in [5.41, 5.74) is 2.84. The monoisotopic (exact) mass is 520 g/mol. The second-order valence-corrected chi connectivity index (χ2v) is 12.7. The lowest BCUT2D eigenvalue weighted by Gasteiger charge is -2.53. The van der Waals surface area contributed by atoms with Crippen LogP contribution in [0, 0.1) is 6.92 Å². The van der Waals surface area contributed by atoms with Crippen molar-refractivity contribution in [2.45, 2.75) is 22.3 Å². The van der Waals surface area contributed by atoms with Crippen molar-refractivity contribution in [1.29, 1.82) is 0 Å². The summed E-state index contributed by atoms with van der Waals surface area (Å²) in [5, 5.41) is 4.76. The molecule has 174 valence electrons. The van der Waals surface area contributed by atoms with Crippen LogP contribution in [0.3, 0.4) is 0 Å². The van der Waals surface area contributed by atoms with E-state index in [4.69, 9.17) is 9.78 Å². The fourth-order valence-electron chi connectivity index (χ4n) is 5.99. The number of thiol groups is 1. The molecule has 3 aliphatic rings. The van der Waals surface area contributed by atoms with Crippen LogP contribution in [-0.4, -0.2) is 0 Å². The largest absolute Gasteiger partial charge is 0.213 e. The summed E-state index contributed by atoms with van der Waals surface area (Å²) in [5.74, 6) is 0. The average Bonchev–Trinajstić information content (AvgIpc) is 3.55. The number of benzene rings is 4. The molecule has 5 heteroatoms. The molecule has 0 spiro atoms. The van der Waals surface area contributed by atoms with E-state index in [-0.39, 0.29) is 0 Å². The van der Waals surface area contributed by atoms with Crippen molar-refractivity contribution in [3.8, 4) is 0 Å². The van der Waals surface area contributed by atoms with Crippen LogP contribution in [0.1, 0.15) is 36.9 Å². The zero-order chi connectivity index (χ0) is 24.1.